The molecule has 3 rings (SSSR count). The van der Waals surface area contributed by atoms with Crippen molar-refractivity contribution in [2.75, 3.05) is 13.7 Å². The van der Waals surface area contributed by atoms with Crippen LogP contribution in [0.25, 0.3) is 11.0 Å². The number of β-amino-alcohol motifs (C(OH)–C–C–N with tert-alkyl or cyclic N) is 1. The summed E-state index contributed by atoms with van der Waals surface area (Å²) in [6, 6.07) is 5.14. The van der Waals surface area contributed by atoms with Crippen molar-refractivity contribution in [2.24, 2.45) is 7.05 Å². The molecule has 1 N–H and O–H groups in total. The van der Waals surface area contributed by atoms with Gasteiger partial charge in [0.1, 0.15) is 11.9 Å². The highest BCUT2D eigenvalue weighted by Gasteiger charge is 2.37. The van der Waals surface area contributed by atoms with Gasteiger partial charge in [-0.1, -0.05) is 11.6 Å². The maximum absolute atomic E-state index is 11.8. The Morgan fingerprint density at radius 2 is 2.32 bits per heavy atom. The summed E-state index contributed by atoms with van der Waals surface area (Å²) >= 11 is 6.00. The molecular formula is C15H18ClN3O3. The highest BCUT2D eigenvalue weighted by Crippen LogP contribution is 2.24. The van der Waals surface area contributed by atoms with Gasteiger partial charge >= 0.3 is 5.97 Å². The number of nitrogens with zero attached hydrogens (tertiary/aromatic N) is 3. The third-order valence-corrected chi connectivity index (χ3v) is 4.37. The van der Waals surface area contributed by atoms with Gasteiger partial charge in [0.25, 0.3) is 0 Å². The molecule has 1 aromatic carbocycles. The van der Waals surface area contributed by atoms with Gasteiger partial charge in [0.05, 0.1) is 30.8 Å². The molecule has 0 unspecified atom stereocenters. The summed E-state index contributed by atoms with van der Waals surface area (Å²) < 4.78 is 6.80. The number of esters is 1. The predicted octanol–water partition coefficient (Wildman–Crippen LogP) is 1.33. The SMILES string of the molecule is COC(=O)[C@@H]1C[C@H](O)CN1Cc1nc2cc(Cl)ccc2n1C. The molecule has 118 valence electrons. The van der Waals surface area contributed by atoms with Crippen molar-refractivity contribution in [1.82, 2.24) is 14.5 Å². The fraction of sp³-hybridized carbons (Fsp3) is 0.467. The molecule has 0 amide bonds. The maximum atomic E-state index is 11.8. The fourth-order valence-corrected chi connectivity index (χ4v) is 3.15. The number of halogens is 1. The molecule has 7 heteroatoms. The summed E-state index contributed by atoms with van der Waals surface area (Å²) in [7, 11) is 3.29. The number of fused-ring (bicyclic) bond motifs is 1. The molecule has 1 aliphatic heterocycles. The van der Waals surface area contributed by atoms with Crippen LogP contribution < -0.4 is 0 Å². The largest absolute Gasteiger partial charge is 0.468 e. The Kier molecular flexibility index (Phi) is 4.08. The van der Waals surface area contributed by atoms with E-state index in [0.717, 1.165) is 16.9 Å². The zero-order chi connectivity index (χ0) is 15.9. The van der Waals surface area contributed by atoms with E-state index in [9.17, 15) is 9.90 Å². The number of likely N-dealkylation sites (tertiary alicyclic amines) is 1. The molecule has 1 saturated heterocycles. The summed E-state index contributed by atoms with van der Waals surface area (Å²) in [4.78, 5) is 18.3. The van der Waals surface area contributed by atoms with Crippen LogP contribution in [0.15, 0.2) is 18.2 Å². The Labute approximate surface area is 133 Å². The van der Waals surface area contributed by atoms with Gasteiger partial charge < -0.3 is 14.4 Å². The highest BCUT2D eigenvalue weighted by atomic mass is 35.5. The number of carbonyl (C=O) groups is 1. The minimum Gasteiger partial charge on any atom is -0.468 e. The van der Waals surface area contributed by atoms with Crippen LogP contribution in [0.4, 0.5) is 0 Å². The van der Waals surface area contributed by atoms with Gasteiger partial charge in [-0.3, -0.25) is 9.69 Å². The lowest BCUT2D eigenvalue weighted by Gasteiger charge is -2.21. The van der Waals surface area contributed by atoms with Gasteiger partial charge in [0, 0.05) is 25.0 Å². The van der Waals surface area contributed by atoms with Crippen molar-refractivity contribution >= 4 is 28.6 Å². The van der Waals surface area contributed by atoms with Crippen LogP contribution in [-0.2, 0) is 23.1 Å². The van der Waals surface area contributed by atoms with Gasteiger partial charge in [-0.15, -0.1) is 0 Å². The van der Waals surface area contributed by atoms with Crippen LogP contribution >= 0.6 is 11.6 Å². The second-order valence-corrected chi connectivity index (χ2v) is 6.01. The van der Waals surface area contributed by atoms with Gasteiger partial charge in [0.15, 0.2) is 0 Å². The van der Waals surface area contributed by atoms with E-state index < -0.39 is 12.1 Å². The minimum absolute atomic E-state index is 0.321. The second-order valence-electron chi connectivity index (χ2n) is 5.58. The van der Waals surface area contributed by atoms with Crippen molar-refractivity contribution in [2.45, 2.75) is 25.1 Å². The first-order chi connectivity index (χ1) is 10.5. The zero-order valence-electron chi connectivity index (χ0n) is 12.5. The van der Waals surface area contributed by atoms with Crippen molar-refractivity contribution in [3.05, 3.63) is 29.0 Å². The molecular weight excluding hydrogens is 306 g/mol. The average molecular weight is 324 g/mol. The van der Waals surface area contributed by atoms with E-state index in [2.05, 4.69) is 4.98 Å². The normalized spacial score (nSPS) is 22.4. The first-order valence-electron chi connectivity index (χ1n) is 7.10. The number of hydrogen-bond acceptors (Lipinski definition) is 5. The second kappa shape index (κ2) is 5.87. The Morgan fingerprint density at radius 3 is 3.05 bits per heavy atom. The van der Waals surface area contributed by atoms with Gasteiger partial charge in [-0.05, 0) is 18.2 Å². The topological polar surface area (TPSA) is 67.6 Å². The fourth-order valence-electron chi connectivity index (χ4n) is 2.98. The van der Waals surface area contributed by atoms with E-state index >= 15 is 0 Å². The summed E-state index contributed by atoms with van der Waals surface area (Å²) in [6.07, 6.45) is -0.129. The molecule has 1 aliphatic rings. The number of imidazole rings is 1. The van der Waals surface area contributed by atoms with Gasteiger partial charge in [-0.2, -0.15) is 0 Å². The van der Waals surface area contributed by atoms with E-state index in [1.165, 1.54) is 7.11 Å². The Balaban J connectivity index is 1.89. The Bertz CT molecular complexity index is 715. The van der Waals surface area contributed by atoms with Crippen LogP contribution in [0.5, 0.6) is 0 Å². The summed E-state index contributed by atoms with van der Waals surface area (Å²) in [5.41, 5.74) is 1.80. The van der Waals surface area contributed by atoms with Crippen LogP contribution in [0.3, 0.4) is 0 Å². The number of carbonyl (C=O) groups excluding carboxylic acids is 1. The summed E-state index contributed by atoms with van der Waals surface area (Å²) in [6.45, 7) is 0.906. The molecule has 0 aliphatic carbocycles. The van der Waals surface area contributed by atoms with E-state index in [-0.39, 0.29) is 5.97 Å². The first kappa shape index (κ1) is 15.3. The lowest BCUT2D eigenvalue weighted by molar-refractivity contribution is -0.146. The number of hydrogen-bond donors (Lipinski definition) is 1. The molecule has 0 saturated carbocycles. The van der Waals surface area contributed by atoms with Crippen LogP contribution in [0, 0.1) is 0 Å². The lowest BCUT2D eigenvalue weighted by atomic mass is 10.2. The third-order valence-electron chi connectivity index (χ3n) is 4.13. The van der Waals surface area contributed by atoms with Gasteiger partial charge in [-0.25, -0.2) is 4.98 Å². The highest BCUT2D eigenvalue weighted by molar-refractivity contribution is 6.31. The number of benzene rings is 1. The zero-order valence-corrected chi connectivity index (χ0v) is 13.2. The molecule has 0 bridgehead atoms. The number of aliphatic hydroxyl groups is 1. The lowest BCUT2D eigenvalue weighted by Crippen LogP contribution is -2.37. The number of rotatable bonds is 3. The smallest absolute Gasteiger partial charge is 0.323 e. The Hall–Kier alpha value is -1.63. The molecule has 1 aromatic heterocycles. The van der Waals surface area contributed by atoms with Crippen molar-refractivity contribution in [3.63, 3.8) is 0 Å². The molecule has 2 atom stereocenters. The molecule has 1 fully saturated rings. The summed E-state index contributed by atoms with van der Waals surface area (Å²) in [5, 5.41) is 10.5. The Morgan fingerprint density at radius 1 is 1.55 bits per heavy atom. The minimum atomic E-state index is -0.520. The molecule has 0 radical (unpaired) electrons. The number of aryl methyl sites for hydroxylation is 1. The number of aliphatic hydroxyl groups excluding tert-OH is 1. The van der Waals surface area contributed by atoms with E-state index in [0.29, 0.717) is 24.5 Å². The monoisotopic (exact) mass is 323 g/mol. The molecule has 2 heterocycles. The third kappa shape index (κ3) is 2.69. The predicted molar refractivity (Wildman–Crippen MR) is 82.6 cm³/mol. The number of aromatic nitrogens is 2. The van der Waals surface area contributed by atoms with Crippen LogP contribution in [-0.4, -0.2) is 51.3 Å². The molecule has 22 heavy (non-hydrogen) atoms. The van der Waals surface area contributed by atoms with Crippen molar-refractivity contribution in [1.29, 1.82) is 0 Å². The first-order valence-corrected chi connectivity index (χ1v) is 7.48. The quantitative estimate of drug-likeness (QED) is 0.863. The standard InChI is InChI=1S/C15H18ClN3O3/c1-18-12-4-3-9(16)5-11(12)17-14(18)8-19-7-10(20)6-13(19)15(21)22-2/h3-5,10,13,20H,6-8H2,1-2H3/t10-,13-/m0/s1. The maximum Gasteiger partial charge on any atom is 0.323 e. The van der Waals surface area contributed by atoms with E-state index in [1.54, 1.807) is 0 Å². The van der Waals surface area contributed by atoms with E-state index in [4.69, 9.17) is 16.3 Å². The molecule has 0 spiro atoms. The summed E-state index contributed by atoms with van der Waals surface area (Å²) in [5.74, 6) is 0.499. The average Bonchev–Trinajstić information content (AvgIpc) is 2.99. The van der Waals surface area contributed by atoms with Crippen molar-refractivity contribution < 1.29 is 14.6 Å². The molecule has 2 aromatic rings. The van der Waals surface area contributed by atoms with Crippen LogP contribution in [0.2, 0.25) is 5.02 Å². The van der Waals surface area contributed by atoms with Crippen LogP contribution in [0.1, 0.15) is 12.2 Å². The number of ether oxygens (including phenoxy) is 1. The number of methoxy groups -OCH3 is 1. The van der Waals surface area contributed by atoms with Crippen molar-refractivity contribution in [3.8, 4) is 0 Å². The van der Waals surface area contributed by atoms with E-state index in [1.807, 2.05) is 34.7 Å². The molecule has 6 nitrogen and oxygen atoms in total. The van der Waals surface area contributed by atoms with Gasteiger partial charge in [0.2, 0.25) is 0 Å².